The standard InChI is InChI=1S/C31H39NO9/c1-7-32-24(33)31(6,20-40-27(36)29(2,3)25(34)38-18-22-14-10-8-11-15-22)21-41-28(37)30(4,5)26(35)39-19-23-16-12-9-13-17-23/h8-17H,7,18-21H2,1-6H3,(H,32,33). The van der Waals surface area contributed by atoms with Crippen LogP contribution in [0, 0.1) is 16.2 Å². The molecule has 0 aromatic heterocycles. The molecule has 0 bridgehead atoms. The summed E-state index contributed by atoms with van der Waals surface area (Å²) in [6.07, 6.45) is 0. The van der Waals surface area contributed by atoms with Crippen LogP contribution in [0.5, 0.6) is 0 Å². The molecule has 0 aliphatic heterocycles. The Bertz CT molecular complexity index is 1120. The molecule has 0 atom stereocenters. The van der Waals surface area contributed by atoms with E-state index in [0.717, 1.165) is 11.1 Å². The Balaban J connectivity index is 2.01. The van der Waals surface area contributed by atoms with Crippen LogP contribution in [0.15, 0.2) is 60.7 Å². The summed E-state index contributed by atoms with van der Waals surface area (Å²) in [6, 6.07) is 18.0. The van der Waals surface area contributed by atoms with E-state index in [2.05, 4.69) is 5.32 Å². The lowest BCUT2D eigenvalue weighted by atomic mass is 9.90. The molecule has 41 heavy (non-hydrogen) atoms. The van der Waals surface area contributed by atoms with Crippen LogP contribution < -0.4 is 5.32 Å². The summed E-state index contributed by atoms with van der Waals surface area (Å²) in [7, 11) is 0. The Labute approximate surface area is 240 Å². The van der Waals surface area contributed by atoms with Gasteiger partial charge in [-0.3, -0.25) is 24.0 Å². The molecule has 0 radical (unpaired) electrons. The van der Waals surface area contributed by atoms with Crippen LogP contribution in [-0.4, -0.2) is 49.5 Å². The van der Waals surface area contributed by atoms with Gasteiger partial charge in [0.15, 0.2) is 10.8 Å². The molecule has 2 rings (SSSR count). The van der Waals surface area contributed by atoms with Crippen molar-refractivity contribution in [1.29, 1.82) is 0 Å². The van der Waals surface area contributed by atoms with E-state index >= 15 is 0 Å². The summed E-state index contributed by atoms with van der Waals surface area (Å²) in [5, 5.41) is 2.63. The second-order valence-electron chi connectivity index (χ2n) is 10.9. The van der Waals surface area contributed by atoms with Crippen molar-refractivity contribution in [3.63, 3.8) is 0 Å². The van der Waals surface area contributed by atoms with Gasteiger partial charge in [-0.15, -0.1) is 0 Å². The van der Waals surface area contributed by atoms with Gasteiger partial charge < -0.3 is 24.3 Å². The van der Waals surface area contributed by atoms with E-state index in [-0.39, 0.29) is 19.8 Å². The van der Waals surface area contributed by atoms with Crippen LogP contribution in [-0.2, 0) is 56.1 Å². The first-order valence-electron chi connectivity index (χ1n) is 13.3. The number of carbonyl (C=O) groups excluding carboxylic acids is 5. The Morgan fingerprint density at radius 3 is 1.27 bits per heavy atom. The number of carbonyl (C=O) groups is 5. The zero-order valence-corrected chi connectivity index (χ0v) is 24.5. The number of benzene rings is 2. The third kappa shape index (κ3) is 9.16. The van der Waals surface area contributed by atoms with Crippen molar-refractivity contribution in [3.05, 3.63) is 71.8 Å². The van der Waals surface area contributed by atoms with Gasteiger partial charge in [0.25, 0.3) is 0 Å². The first-order valence-corrected chi connectivity index (χ1v) is 13.3. The zero-order chi connectivity index (χ0) is 30.7. The van der Waals surface area contributed by atoms with E-state index < -0.39 is 59.2 Å². The summed E-state index contributed by atoms with van der Waals surface area (Å²) < 4.78 is 21.3. The van der Waals surface area contributed by atoms with Gasteiger partial charge in [-0.2, -0.15) is 0 Å². The van der Waals surface area contributed by atoms with Crippen molar-refractivity contribution < 1.29 is 42.9 Å². The fourth-order valence-corrected chi connectivity index (χ4v) is 3.33. The molecule has 1 N–H and O–H groups in total. The average Bonchev–Trinajstić information content (AvgIpc) is 2.97. The van der Waals surface area contributed by atoms with E-state index in [4.69, 9.17) is 18.9 Å². The maximum absolute atomic E-state index is 12.9. The summed E-state index contributed by atoms with van der Waals surface area (Å²) in [6.45, 7) is 7.80. The van der Waals surface area contributed by atoms with Crippen molar-refractivity contribution in [2.24, 2.45) is 16.2 Å². The van der Waals surface area contributed by atoms with E-state index in [1.54, 1.807) is 55.5 Å². The van der Waals surface area contributed by atoms with E-state index in [1.165, 1.54) is 34.6 Å². The third-order valence-corrected chi connectivity index (χ3v) is 6.40. The lowest BCUT2D eigenvalue weighted by molar-refractivity contribution is -0.176. The quantitative estimate of drug-likeness (QED) is 0.205. The summed E-state index contributed by atoms with van der Waals surface area (Å²) >= 11 is 0. The fraction of sp³-hybridized carbons (Fsp3) is 0.452. The number of nitrogens with one attached hydrogen (secondary N) is 1. The molecule has 222 valence electrons. The molecular weight excluding hydrogens is 530 g/mol. The van der Waals surface area contributed by atoms with Gasteiger partial charge in [0.05, 0.1) is 0 Å². The Morgan fingerprint density at radius 2 is 0.927 bits per heavy atom. The molecule has 0 aliphatic rings. The van der Waals surface area contributed by atoms with Gasteiger partial charge in [0.2, 0.25) is 5.91 Å². The van der Waals surface area contributed by atoms with Crippen LogP contribution >= 0.6 is 0 Å². The van der Waals surface area contributed by atoms with E-state index in [9.17, 15) is 24.0 Å². The molecule has 0 fully saturated rings. The molecule has 0 spiro atoms. The second kappa shape index (κ2) is 14.4. The normalized spacial score (nSPS) is 11.7. The van der Waals surface area contributed by atoms with Gasteiger partial charge in [0, 0.05) is 6.54 Å². The number of esters is 4. The van der Waals surface area contributed by atoms with E-state index in [1.807, 2.05) is 12.1 Å². The summed E-state index contributed by atoms with van der Waals surface area (Å²) in [4.78, 5) is 64.0. The maximum atomic E-state index is 12.9. The van der Waals surface area contributed by atoms with Gasteiger partial charge in [-0.05, 0) is 52.7 Å². The summed E-state index contributed by atoms with van der Waals surface area (Å²) in [5.41, 5.74) is -3.35. The van der Waals surface area contributed by atoms with Crippen molar-refractivity contribution in [1.82, 2.24) is 5.32 Å². The monoisotopic (exact) mass is 569 g/mol. The molecule has 0 aliphatic carbocycles. The first kappa shape index (κ1) is 33.0. The van der Waals surface area contributed by atoms with Gasteiger partial charge >= 0.3 is 23.9 Å². The SMILES string of the molecule is CCNC(=O)C(C)(COC(=O)C(C)(C)C(=O)OCc1ccccc1)COC(=O)C(C)(C)C(=O)OCc1ccccc1. The highest BCUT2D eigenvalue weighted by molar-refractivity contribution is 6.00. The minimum absolute atomic E-state index is 0.0213. The number of ether oxygens (including phenoxy) is 4. The predicted octanol–water partition coefficient (Wildman–Crippen LogP) is 3.75. The third-order valence-electron chi connectivity index (χ3n) is 6.40. The molecule has 10 heteroatoms. The Hall–Kier alpha value is -4.21. The minimum Gasteiger partial charge on any atom is -0.464 e. The van der Waals surface area contributed by atoms with Crippen molar-refractivity contribution >= 4 is 29.8 Å². The predicted molar refractivity (Wildman–Crippen MR) is 149 cm³/mol. The topological polar surface area (TPSA) is 134 Å². The molecule has 2 aromatic rings. The lowest BCUT2D eigenvalue weighted by Crippen LogP contribution is -2.48. The average molecular weight is 570 g/mol. The van der Waals surface area contributed by atoms with Crippen molar-refractivity contribution in [3.8, 4) is 0 Å². The molecule has 0 saturated heterocycles. The van der Waals surface area contributed by atoms with Gasteiger partial charge in [-0.1, -0.05) is 60.7 Å². The van der Waals surface area contributed by atoms with Crippen LogP contribution in [0.2, 0.25) is 0 Å². The molecule has 1 amide bonds. The number of amides is 1. The number of hydrogen-bond donors (Lipinski definition) is 1. The van der Waals surface area contributed by atoms with Gasteiger partial charge in [0.1, 0.15) is 31.8 Å². The van der Waals surface area contributed by atoms with Crippen LogP contribution in [0.3, 0.4) is 0 Å². The molecule has 0 heterocycles. The first-order chi connectivity index (χ1) is 19.2. The van der Waals surface area contributed by atoms with Gasteiger partial charge in [-0.25, -0.2) is 0 Å². The van der Waals surface area contributed by atoms with Crippen molar-refractivity contribution in [2.75, 3.05) is 19.8 Å². The van der Waals surface area contributed by atoms with Crippen LogP contribution in [0.4, 0.5) is 0 Å². The minimum atomic E-state index is -1.67. The molecular formula is C31H39NO9. The smallest absolute Gasteiger partial charge is 0.323 e. The maximum Gasteiger partial charge on any atom is 0.323 e. The van der Waals surface area contributed by atoms with Crippen LogP contribution in [0.25, 0.3) is 0 Å². The highest BCUT2D eigenvalue weighted by Gasteiger charge is 2.45. The second-order valence-corrected chi connectivity index (χ2v) is 10.9. The molecule has 10 nitrogen and oxygen atoms in total. The Kier molecular flexibility index (Phi) is 11.6. The van der Waals surface area contributed by atoms with Crippen LogP contribution in [0.1, 0.15) is 52.7 Å². The van der Waals surface area contributed by atoms with E-state index in [0.29, 0.717) is 0 Å². The zero-order valence-electron chi connectivity index (χ0n) is 24.5. The lowest BCUT2D eigenvalue weighted by Gasteiger charge is -2.30. The highest BCUT2D eigenvalue weighted by atomic mass is 16.6. The summed E-state index contributed by atoms with van der Waals surface area (Å²) in [5.74, 6) is -3.97. The molecule has 2 aromatic carbocycles. The largest absolute Gasteiger partial charge is 0.464 e. The number of hydrogen-bond acceptors (Lipinski definition) is 9. The fourth-order valence-electron chi connectivity index (χ4n) is 3.33. The number of rotatable bonds is 14. The van der Waals surface area contributed by atoms with Crippen molar-refractivity contribution in [2.45, 2.75) is 54.8 Å². The highest BCUT2D eigenvalue weighted by Crippen LogP contribution is 2.27. The molecule has 0 unspecified atom stereocenters. The Morgan fingerprint density at radius 1 is 0.585 bits per heavy atom. The molecule has 0 saturated carbocycles.